The molecule has 0 aliphatic heterocycles. The Balaban J connectivity index is 1.69. The molecule has 0 amide bonds. The minimum Gasteiger partial charge on any atom is -0.484 e. The Hall–Kier alpha value is -2.21. The summed E-state index contributed by atoms with van der Waals surface area (Å²) in [5, 5.41) is 7.76. The first-order chi connectivity index (χ1) is 10.2. The van der Waals surface area contributed by atoms with Crippen molar-refractivity contribution in [1.29, 1.82) is 0 Å². The molecule has 3 rings (SSSR count). The molecule has 2 aromatic carbocycles. The first-order valence-electron chi connectivity index (χ1n) is 6.17. The Morgan fingerprint density at radius 3 is 2.67 bits per heavy atom. The minimum atomic E-state index is -0.349. The summed E-state index contributed by atoms with van der Waals surface area (Å²) >= 11 is 3.35. The first kappa shape index (κ1) is 13.8. The predicted molar refractivity (Wildman–Crippen MR) is 78.2 cm³/mol. The Morgan fingerprint density at radius 1 is 1.10 bits per heavy atom. The van der Waals surface area contributed by atoms with Gasteiger partial charge < -0.3 is 9.15 Å². The molecule has 0 saturated carbocycles. The topological polar surface area (TPSA) is 48.2 Å². The van der Waals surface area contributed by atoms with E-state index < -0.39 is 0 Å². The number of aromatic nitrogens is 2. The van der Waals surface area contributed by atoms with Crippen molar-refractivity contribution >= 4 is 15.9 Å². The number of benzene rings is 2. The van der Waals surface area contributed by atoms with Gasteiger partial charge in [0.2, 0.25) is 5.89 Å². The summed E-state index contributed by atoms with van der Waals surface area (Å²) in [6.45, 7) is 0.157. The van der Waals surface area contributed by atoms with Crippen LogP contribution in [0.4, 0.5) is 4.39 Å². The van der Waals surface area contributed by atoms with E-state index in [1.165, 1.54) is 12.1 Å². The minimum absolute atomic E-state index is 0.157. The summed E-state index contributed by atoms with van der Waals surface area (Å²) in [6.07, 6.45) is 0. The lowest BCUT2D eigenvalue weighted by molar-refractivity contribution is 0.264. The zero-order valence-corrected chi connectivity index (χ0v) is 12.4. The van der Waals surface area contributed by atoms with Crippen LogP contribution in [0, 0.1) is 5.82 Å². The monoisotopic (exact) mass is 348 g/mol. The number of hydrogen-bond acceptors (Lipinski definition) is 4. The standard InChI is InChI=1S/C15H10BrFN2O2/c16-11-4-6-13(7-5-11)20-9-14-18-19-15(21-14)10-2-1-3-12(17)8-10/h1-8H,9H2. The van der Waals surface area contributed by atoms with Gasteiger partial charge in [0.1, 0.15) is 11.6 Å². The van der Waals surface area contributed by atoms with Crippen LogP contribution in [0.25, 0.3) is 11.5 Å². The van der Waals surface area contributed by atoms with Gasteiger partial charge in [-0.1, -0.05) is 22.0 Å². The normalized spacial score (nSPS) is 10.6. The third kappa shape index (κ3) is 3.46. The van der Waals surface area contributed by atoms with E-state index in [0.29, 0.717) is 17.2 Å². The fraction of sp³-hybridized carbons (Fsp3) is 0.0667. The fourth-order valence-corrected chi connectivity index (χ4v) is 1.99. The average molecular weight is 349 g/mol. The number of ether oxygens (including phenoxy) is 1. The third-order valence-electron chi connectivity index (χ3n) is 2.71. The molecule has 0 aliphatic rings. The molecule has 21 heavy (non-hydrogen) atoms. The van der Waals surface area contributed by atoms with Crippen LogP contribution in [-0.2, 0) is 6.61 Å². The molecule has 0 aliphatic carbocycles. The van der Waals surface area contributed by atoms with E-state index in [1.807, 2.05) is 24.3 Å². The van der Waals surface area contributed by atoms with E-state index in [-0.39, 0.29) is 18.3 Å². The van der Waals surface area contributed by atoms with Gasteiger partial charge in [-0.3, -0.25) is 0 Å². The highest BCUT2D eigenvalue weighted by Gasteiger charge is 2.09. The lowest BCUT2D eigenvalue weighted by Crippen LogP contribution is -1.95. The quantitative estimate of drug-likeness (QED) is 0.708. The molecule has 0 radical (unpaired) electrons. The SMILES string of the molecule is Fc1cccc(-c2nnc(COc3ccc(Br)cc3)o2)c1. The van der Waals surface area contributed by atoms with E-state index in [1.54, 1.807) is 12.1 Å². The molecule has 0 unspecified atom stereocenters. The molecule has 6 heteroatoms. The van der Waals surface area contributed by atoms with Crippen LogP contribution in [0.2, 0.25) is 0 Å². The maximum Gasteiger partial charge on any atom is 0.254 e. The highest BCUT2D eigenvalue weighted by Crippen LogP contribution is 2.20. The molecular weight excluding hydrogens is 339 g/mol. The van der Waals surface area contributed by atoms with Crippen molar-refractivity contribution in [3.05, 3.63) is 64.7 Å². The third-order valence-corrected chi connectivity index (χ3v) is 3.24. The second-order valence-corrected chi connectivity index (χ2v) is 5.17. The highest BCUT2D eigenvalue weighted by atomic mass is 79.9. The zero-order valence-electron chi connectivity index (χ0n) is 10.8. The second-order valence-electron chi connectivity index (χ2n) is 4.25. The summed E-state index contributed by atoms with van der Waals surface area (Å²) in [4.78, 5) is 0. The van der Waals surface area contributed by atoms with Crippen molar-refractivity contribution in [3.63, 3.8) is 0 Å². The maximum absolute atomic E-state index is 13.1. The van der Waals surface area contributed by atoms with E-state index >= 15 is 0 Å². The average Bonchev–Trinajstić information content (AvgIpc) is 2.96. The summed E-state index contributed by atoms with van der Waals surface area (Å²) < 4.78 is 25.1. The van der Waals surface area contributed by atoms with Gasteiger partial charge in [0.15, 0.2) is 6.61 Å². The van der Waals surface area contributed by atoms with Gasteiger partial charge in [-0.15, -0.1) is 10.2 Å². The van der Waals surface area contributed by atoms with Gasteiger partial charge in [0.05, 0.1) is 0 Å². The van der Waals surface area contributed by atoms with E-state index in [2.05, 4.69) is 26.1 Å². The van der Waals surface area contributed by atoms with Crippen LogP contribution in [0.5, 0.6) is 5.75 Å². The molecule has 1 aromatic heterocycles. The molecule has 0 saturated heterocycles. The van der Waals surface area contributed by atoms with E-state index in [4.69, 9.17) is 9.15 Å². The van der Waals surface area contributed by atoms with Crippen LogP contribution in [0.3, 0.4) is 0 Å². The van der Waals surface area contributed by atoms with Crippen molar-refractivity contribution in [2.24, 2.45) is 0 Å². The van der Waals surface area contributed by atoms with E-state index in [0.717, 1.165) is 4.47 Å². The smallest absolute Gasteiger partial charge is 0.254 e. The fourth-order valence-electron chi connectivity index (χ4n) is 1.73. The van der Waals surface area contributed by atoms with Crippen LogP contribution in [-0.4, -0.2) is 10.2 Å². The summed E-state index contributed by atoms with van der Waals surface area (Å²) in [5.74, 6) is 0.947. The summed E-state index contributed by atoms with van der Waals surface area (Å²) in [5.41, 5.74) is 0.539. The summed E-state index contributed by atoms with van der Waals surface area (Å²) in [6, 6.07) is 13.4. The highest BCUT2D eigenvalue weighted by molar-refractivity contribution is 9.10. The van der Waals surface area contributed by atoms with Gasteiger partial charge in [-0.05, 0) is 42.5 Å². The first-order valence-corrected chi connectivity index (χ1v) is 6.97. The van der Waals surface area contributed by atoms with Gasteiger partial charge in [0.25, 0.3) is 5.89 Å². The van der Waals surface area contributed by atoms with Crippen molar-refractivity contribution < 1.29 is 13.5 Å². The van der Waals surface area contributed by atoms with Crippen LogP contribution in [0.15, 0.2) is 57.4 Å². The molecule has 106 valence electrons. The second kappa shape index (κ2) is 6.05. The molecule has 0 N–H and O–H groups in total. The number of rotatable bonds is 4. The number of hydrogen-bond donors (Lipinski definition) is 0. The van der Waals surface area contributed by atoms with Crippen molar-refractivity contribution in [3.8, 4) is 17.2 Å². The Kier molecular flexibility index (Phi) is 3.96. The maximum atomic E-state index is 13.1. The van der Waals surface area contributed by atoms with Crippen molar-refractivity contribution in [2.45, 2.75) is 6.61 Å². The Labute approximate surface area is 128 Å². The van der Waals surface area contributed by atoms with Gasteiger partial charge >= 0.3 is 0 Å². The molecular formula is C15H10BrFN2O2. The van der Waals surface area contributed by atoms with Gasteiger partial charge in [0, 0.05) is 10.0 Å². The van der Waals surface area contributed by atoms with Gasteiger partial charge in [-0.25, -0.2) is 4.39 Å². The molecule has 0 fully saturated rings. The Morgan fingerprint density at radius 2 is 1.90 bits per heavy atom. The summed E-state index contributed by atoms with van der Waals surface area (Å²) in [7, 11) is 0. The molecule has 4 nitrogen and oxygen atoms in total. The number of nitrogens with zero attached hydrogens (tertiary/aromatic N) is 2. The Bertz CT molecular complexity index is 743. The van der Waals surface area contributed by atoms with Gasteiger partial charge in [-0.2, -0.15) is 0 Å². The molecule has 3 aromatic rings. The van der Waals surface area contributed by atoms with Crippen LogP contribution in [0.1, 0.15) is 5.89 Å². The molecule has 0 atom stereocenters. The number of halogens is 2. The van der Waals surface area contributed by atoms with E-state index in [9.17, 15) is 4.39 Å². The lowest BCUT2D eigenvalue weighted by Gasteiger charge is -2.02. The van der Waals surface area contributed by atoms with Crippen LogP contribution < -0.4 is 4.74 Å². The molecule has 1 heterocycles. The van der Waals surface area contributed by atoms with Crippen LogP contribution >= 0.6 is 15.9 Å². The molecule has 0 bridgehead atoms. The largest absolute Gasteiger partial charge is 0.484 e. The van der Waals surface area contributed by atoms with Crippen molar-refractivity contribution in [1.82, 2.24) is 10.2 Å². The zero-order chi connectivity index (χ0) is 14.7. The van der Waals surface area contributed by atoms with Crippen molar-refractivity contribution in [2.75, 3.05) is 0 Å². The lowest BCUT2D eigenvalue weighted by atomic mass is 10.2. The predicted octanol–water partition coefficient (Wildman–Crippen LogP) is 4.22. The molecule has 0 spiro atoms.